The van der Waals surface area contributed by atoms with Crippen LogP contribution in [-0.2, 0) is 9.05 Å². The van der Waals surface area contributed by atoms with Crippen molar-refractivity contribution in [3.05, 3.63) is 28.8 Å². The Kier molecular flexibility index (Phi) is 4.83. The molecule has 0 unspecified atom stereocenters. The summed E-state index contributed by atoms with van der Waals surface area (Å²) in [4.78, 5) is 0. The number of ether oxygens (including phenoxy) is 1. The lowest BCUT2D eigenvalue weighted by atomic mass is 10.1. The topological polar surface area (TPSA) is 43.4 Å². The Morgan fingerprint density at radius 1 is 1.18 bits per heavy atom. The van der Waals surface area contributed by atoms with Crippen molar-refractivity contribution in [1.82, 2.24) is 0 Å². The molecule has 0 atom stereocenters. The van der Waals surface area contributed by atoms with Gasteiger partial charge in [-0.15, -0.1) is 0 Å². The van der Waals surface area contributed by atoms with Crippen molar-refractivity contribution >= 4 is 19.7 Å². The van der Waals surface area contributed by atoms with E-state index in [1.54, 1.807) is 0 Å². The molecule has 0 fully saturated rings. The minimum absolute atomic E-state index is 0.0570. The van der Waals surface area contributed by atoms with Crippen LogP contribution < -0.4 is 4.74 Å². The molecule has 0 aliphatic carbocycles. The number of hydrogen-bond donors (Lipinski definition) is 0. The van der Waals surface area contributed by atoms with Crippen LogP contribution in [0, 0.1) is 20.8 Å². The molecule has 1 aromatic rings. The smallest absolute Gasteiger partial charge is 0.232 e. The van der Waals surface area contributed by atoms with Gasteiger partial charge in [-0.05, 0) is 38.3 Å². The standard InChI is InChI=1S/C12H17ClO3S/c1-9-7-10(2)12(11(3)8-9)16-5-4-6-17(13,14)15/h7-8H,4-6H2,1-3H3. The quantitative estimate of drug-likeness (QED) is 0.613. The third-order valence-electron chi connectivity index (χ3n) is 2.38. The van der Waals surface area contributed by atoms with E-state index >= 15 is 0 Å². The van der Waals surface area contributed by atoms with Crippen molar-refractivity contribution in [3.8, 4) is 5.75 Å². The van der Waals surface area contributed by atoms with E-state index in [1.165, 1.54) is 5.56 Å². The molecule has 0 aromatic heterocycles. The number of hydrogen-bond acceptors (Lipinski definition) is 3. The van der Waals surface area contributed by atoms with Crippen LogP contribution in [0.1, 0.15) is 23.1 Å². The lowest BCUT2D eigenvalue weighted by Crippen LogP contribution is -2.06. The van der Waals surface area contributed by atoms with Gasteiger partial charge in [-0.2, -0.15) is 0 Å². The molecule has 0 saturated carbocycles. The van der Waals surface area contributed by atoms with Crippen LogP contribution in [0.25, 0.3) is 0 Å². The van der Waals surface area contributed by atoms with Crippen LogP contribution >= 0.6 is 10.7 Å². The highest BCUT2D eigenvalue weighted by Gasteiger charge is 2.07. The number of rotatable bonds is 5. The van der Waals surface area contributed by atoms with Gasteiger partial charge in [-0.1, -0.05) is 17.7 Å². The highest BCUT2D eigenvalue weighted by Crippen LogP contribution is 2.24. The molecule has 1 rings (SSSR count). The van der Waals surface area contributed by atoms with Crippen LogP contribution in [0.3, 0.4) is 0 Å². The number of halogens is 1. The Morgan fingerprint density at radius 2 is 1.71 bits per heavy atom. The minimum atomic E-state index is -3.41. The number of aryl methyl sites for hydroxylation is 3. The van der Waals surface area contributed by atoms with Crippen molar-refractivity contribution in [2.45, 2.75) is 27.2 Å². The Morgan fingerprint density at radius 3 is 2.18 bits per heavy atom. The van der Waals surface area contributed by atoms with Gasteiger partial charge in [0.2, 0.25) is 9.05 Å². The van der Waals surface area contributed by atoms with Gasteiger partial charge in [-0.25, -0.2) is 8.42 Å². The molecule has 1 aromatic carbocycles. The normalized spacial score (nSPS) is 11.5. The summed E-state index contributed by atoms with van der Waals surface area (Å²) in [6, 6.07) is 4.08. The first-order valence-corrected chi connectivity index (χ1v) is 7.90. The Hall–Kier alpha value is -0.740. The molecule has 5 heteroatoms. The average Bonchev–Trinajstić information content (AvgIpc) is 2.13. The minimum Gasteiger partial charge on any atom is -0.493 e. The molecule has 3 nitrogen and oxygen atoms in total. The maximum Gasteiger partial charge on any atom is 0.232 e. The van der Waals surface area contributed by atoms with E-state index in [2.05, 4.69) is 0 Å². The predicted molar refractivity (Wildman–Crippen MR) is 70.4 cm³/mol. The number of benzene rings is 1. The van der Waals surface area contributed by atoms with Crippen LogP contribution in [-0.4, -0.2) is 20.8 Å². The molecule has 0 aliphatic rings. The molecule has 0 amide bonds. The second-order valence-corrected chi connectivity index (χ2v) is 7.07. The molecular weight excluding hydrogens is 260 g/mol. The van der Waals surface area contributed by atoms with Gasteiger partial charge >= 0.3 is 0 Å². The summed E-state index contributed by atoms with van der Waals surface area (Å²) in [5.74, 6) is 0.779. The molecule has 96 valence electrons. The van der Waals surface area contributed by atoms with Crippen molar-refractivity contribution in [1.29, 1.82) is 0 Å². The summed E-state index contributed by atoms with van der Waals surface area (Å²) in [6.07, 6.45) is 0.401. The van der Waals surface area contributed by atoms with Gasteiger partial charge in [0, 0.05) is 10.7 Å². The van der Waals surface area contributed by atoms with E-state index in [1.807, 2.05) is 32.9 Å². The van der Waals surface area contributed by atoms with E-state index in [0.29, 0.717) is 13.0 Å². The molecule has 17 heavy (non-hydrogen) atoms. The maximum atomic E-state index is 10.7. The first-order chi connectivity index (χ1) is 7.79. The van der Waals surface area contributed by atoms with E-state index in [4.69, 9.17) is 15.4 Å². The summed E-state index contributed by atoms with van der Waals surface area (Å²) in [5.41, 5.74) is 3.32. The van der Waals surface area contributed by atoms with E-state index in [0.717, 1.165) is 16.9 Å². The molecule has 0 bridgehead atoms. The molecule has 0 heterocycles. The Bertz CT molecular complexity index is 471. The van der Waals surface area contributed by atoms with Crippen LogP contribution in [0.2, 0.25) is 0 Å². The van der Waals surface area contributed by atoms with Crippen LogP contribution in [0.5, 0.6) is 5.75 Å². The van der Waals surface area contributed by atoms with Crippen molar-refractivity contribution < 1.29 is 13.2 Å². The van der Waals surface area contributed by atoms with E-state index < -0.39 is 9.05 Å². The monoisotopic (exact) mass is 276 g/mol. The van der Waals surface area contributed by atoms with Crippen molar-refractivity contribution in [2.75, 3.05) is 12.4 Å². The second kappa shape index (κ2) is 5.74. The van der Waals surface area contributed by atoms with Gasteiger partial charge in [-0.3, -0.25) is 0 Å². The van der Waals surface area contributed by atoms with Gasteiger partial charge in [0.15, 0.2) is 0 Å². The molecule has 0 spiro atoms. The second-order valence-electron chi connectivity index (χ2n) is 4.17. The zero-order valence-electron chi connectivity index (χ0n) is 10.3. The third kappa shape index (κ3) is 4.96. The zero-order chi connectivity index (χ0) is 13.1. The fraction of sp³-hybridized carbons (Fsp3) is 0.500. The highest BCUT2D eigenvalue weighted by atomic mass is 35.7. The Labute approximate surface area is 107 Å². The molecule has 0 saturated heterocycles. The first kappa shape index (κ1) is 14.3. The SMILES string of the molecule is Cc1cc(C)c(OCCCS(=O)(=O)Cl)c(C)c1. The van der Waals surface area contributed by atoms with Gasteiger partial charge < -0.3 is 4.74 Å². The van der Waals surface area contributed by atoms with Crippen LogP contribution in [0.4, 0.5) is 0 Å². The summed E-state index contributed by atoms with van der Waals surface area (Å²) < 4.78 is 27.1. The molecular formula is C12H17ClO3S. The fourth-order valence-electron chi connectivity index (χ4n) is 1.80. The Balaban J connectivity index is 2.58. The summed E-state index contributed by atoms with van der Waals surface area (Å²) in [7, 11) is 1.70. The zero-order valence-corrected chi connectivity index (χ0v) is 11.9. The summed E-state index contributed by atoms with van der Waals surface area (Å²) in [6.45, 7) is 6.35. The molecule has 0 aliphatic heterocycles. The van der Waals surface area contributed by atoms with Crippen LogP contribution in [0.15, 0.2) is 12.1 Å². The maximum absolute atomic E-state index is 10.7. The molecule has 0 N–H and O–H groups in total. The summed E-state index contributed by atoms with van der Waals surface area (Å²) >= 11 is 0. The molecule has 0 radical (unpaired) electrons. The van der Waals surface area contributed by atoms with E-state index in [-0.39, 0.29) is 5.75 Å². The third-order valence-corrected chi connectivity index (χ3v) is 3.62. The lowest BCUT2D eigenvalue weighted by molar-refractivity contribution is 0.313. The average molecular weight is 277 g/mol. The van der Waals surface area contributed by atoms with E-state index in [9.17, 15) is 8.42 Å². The van der Waals surface area contributed by atoms with Gasteiger partial charge in [0.25, 0.3) is 0 Å². The van der Waals surface area contributed by atoms with Crippen molar-refractivity contribution in [3.63, 3.8) is 0 Å². The van der Waals surface area contributed by atoms with Gasteiger partial charge in [0.05, 0.1) is 12.4 Å². The fourth-order valence-corrected chi connectivity index (χ4v) is 2.59. The largest absolute Gasteiger partial charge is 0.493 e. The highest BCUT2D eigenvalue weighted by molar-refractivity contribution is 8.13. The predicted octanol–water partition coefficient (Wildman–Crippen LogP) is 2.95. The first-order valence-electron chi connectivity index (χ1n) is 5.42. The van der Waals surface area contributed by atoms with Crippen molar-refractivity contribution in [2.24, 2.45) is 0 Å². The summed E-state index contributed by atoms with van der Waals surface area (Å²) in [5, 5.41) is 0. The lowest BCUT2D eigenvalue weighted by Gasteiger charge is -2.12. The van der Waals surface area contributed by atoms with Gasteiger partial charge in [0.1, 0.15) is 5.75 Å².